The largest absolute Gasteiger partial charge is 0.477 e. The van der Waals surface area contributed by atoms with Gasteiger partial charge in [-0.15, -0.1) is 0 Å². The quantitative estimate of drug-likeness (QED) is 0.375. The van der Waals surface area contributed by atoms with Crippen molar-refractivity contribution in [3.05, 3.63) is 54.8 Å². The molecule has 0 bridgehead atoms. The van der Waals surface area contributed by atoms with Crippen molar-refractivity contribution in [2.75, 3.05) is 0 Å². The molecule has 0 aliphatic heterocycles. The predicted octanol–water partition coefficient (Wildman–Crippen LogP) is 2.64. The second kappa shape index (κ2) is 6.27. The van der Waals surface area contributed by atoms with E-state index in [1.54, 1.807) is 19.1 Å². The Morgan fingerprint density at radius 1 is 1.41 bits per heavy atom. The second-order valence-corrected chi connectivity index (χ2v) is 3.14. The molecule has 0 aromatic heterocycles. The van der Waals surface area contributed by atoms with Gasteiger partial charge in [-0.2, -0.15) is 0 Å². The molecule has 0 amide bonds. The minimum absolute atomic E-state index is 0.117. The molecule has 4 nitrogen and oxygen atoms in total. The number of ether oxygens (including phenoxy) is 1. The average molecular weight is 231 g/mol. The van der Waals surface area contributed by atoms with E-state index >= 15 is 0 Å². The Kier molecular flexibility index (Phi) is 4.69. The summed E-state index contributed by atoms with van der Waals surface area (Å²) in [6.07, 6.45) is 2.67. The SMILES string of the molecule is C=C/C=C(\N=C(C)Oc1ccccc1)C(=O)O. The first-order chi connectivity index (χ1) is 8.13. The van der Waals surface area contributed by atoms with Gasteiger partial charge in [-0.25, -0.2) is 9.79 Å². The van der Waals surface area contributed by atoms with Crippen LogP contribution in [0.5, 0.6) is 5.75 Å². The Balaban J connectivity index is 2.82. The number of benzene rings is 1. The van der Waals surface area contributed by atoms with Crippen molar-refractivity contribution in [3.8, 4) is 5.75 Å². The predicted molar refractivity (Wildman–Crippen MR) is 66.1 cm³/mol. The molecule has 0 spiro atoms. The Morgan fingerprint density at radius 3 is 2.59 bits per heavy atom. The summed E-state index contributed by atoms with van der Waals surface area (Å²) in [4.78, 5) is 14.6. The van der Waals surface area contributed by atoms with Crippen LogP contribution in [0.3, 0.4) is 0 Å². The number of para-hydroxylation sites is 1. The smallest absolute Gasteiger partial charge is 0.354 e. The molecule has 0 saturated carbocycles. The van der Waals surface area contributed by atoms with Crippen LogP contribution < -0.4 is 4.74 Å². The summed E-state index contributed by atoms with van der Waals surface area (Å²) in [6.45, 7) is 5.01. The van der Waals surface area contributed by atoms with E-state index in [1.165, 1.54) is 12.2 Å². The van der Waals surface area contributed by atoms with Crippen molar-refractivity contribution in [2.24, 2.45) is 4.99 Å². The Bertz CT molecular complexity index is 461. The summed E-state index contributed by atoms with van der Waals surface area (Å²) < 4.78 is 5.35. The van der Waals surface area contributed by atoms with Gasteiger partial charge in [0.1, 0.15) is 5.75 Å². The van der Waals surface area contributed by atoms with Gasteiger partial charge in [0.05, 0.1) is 0 Å². The topological polar surface area (TPSA) is 58.9 Å². The molecular formula is C13H13NO3. The maximum atomic E-state index is 10.8. The van der Waals surface area contributed by atoms with Crippen molar-refractivity contribution in [1.82, 2.24) is 0 Å². The minimum Gasteiger partial charge on any atom is -0.477 e. The zero-order valence-electron chi connectivity index (χ0n) is 9.46. The lowest BCUT2D eigenvalue weighted by atomic mass is 10.3. The molecule has 0 radical (unpaired) electrons. The van der Waals surface area contributed by atoms with Crippen molar-refractivity contribution in [3.63, 3.8) is 0 Å². The first-order valence-corrected chi connectivity index (χ1v) is 4.97. The third-order valence-corrected chi connectivity index (χ3v) is 1.78. The lowest BCUT2D eigenvalue weighted by molar-refractivity contribution is -0.132. The summed E-state index contributed by atoms with van der Waals surface area (Å²) in [5.41, 5.74) is -0.117. The highest BCUT2D eigenvalue weighted by molar-refractivity contribution is 5.90. The number of carboxylic acids is 1. The van der Waals surface area contributed by atoms with Crippen LogP contribution in [0.25, 0.3) is 0 Å². The zero-order chi connectivity index (χ0) is 12.7. The van der Waals surface area contributed by atoms with Crippen LogP contribution in [-0.2, 0) is 4.79 Å². The van der Waals surface area contributed by atoms with Crippen LogP contribution in [-0.4, -0.2) is 17.0 Å². The zero-order valence-corrected chi connectivity index (χ0v) is 9.46. The number of aliphatic imine (C=N–C) groups is 1. The normalized spacial score (nSPS) is 12.1. The molecule has 0 unspecified atom stereocenters. The van der Waals surface area contributed by atoms with Crippen LogP contribution in [0.4, 0.5) is 0 Å². The molecule has 17 heavy (non-hydrogen) atoms. The van der Waals surface area contributed by atoms with E-state index in [1.807, 2.05) is 18.2 Å². The number of nitrogens with zero attached hydrogens (tertiary/aromatic N) is 1. The van der Waals surface area contributed by atoms with E-state index in [9.17, 15) is 4.79 Å². The molecule has 1 rings (SSSR count). The van der Waals surface area contributed by atoms with Gasteiger partial charge in [0.25, 0.3) is 0 Å². The van der Waals surface area contributed by atoms with Gasteiger partial charge in [0.15, 0.2) is 11.6 Å². The van der Waals surface area contributed by atoms with Gasteiger partial charge in [-0.1, -0.05) is 30.9 Å². The first-order valence-electron chi connectivity index (χ1n) is 4.97. The number of allylic oxidation sites excluding steroid dienone is 2. The van der Waals surface area contributed by atoms with Gasteiger partial charge < -0.3 is 9.84 Å². The van der Waals surface area contributed by atoms with Crippen LogP contribution in [0.2, 0.25) is 0 Å². The molecule has 4 heteroatoms. The van der Waals surface area contributed by atoms with Gasteiger partial charge >= 0.3 is 5.97 Å². The van der Waals surface area contributed by atoms with E-state index in [4.69, 9.17) is 9.84 Å². The molecule has 1 aromatic rings. The fourth-order valence-corrected chi connectivity index (χ4v) is 1.12. The van der Waals surface area contributed by atoms with E-state index in [0.29, 0.717) is 5.75 Å². The average Bonchev–Trinajstić information content (AvgIpc) is 2.29. The number of hydrogen-bond acceptors (Lipinski definition) is 3. The monoisotopic (exact) mass is 231 g/mol. The van der Waals surface area contributed by atoms with E-state index < -0.39 is 5.97 Å². The van der Waals surface area contributed by atoms with Gasteiger partial charge in [-0.05, 0) is 18.2 Å². The molecule has 0 atom stereocenters. The summed E-state index contributed by atoms with van der Waals surface area (Å²) >= 11 is 0. The third-order valence-electron chi connectivity index (χ3n) is 1.78. The van der Waals surface area contributed by atoms with Gasteiger partial charge in [0.2, 0.25) is 0 Å². The molecule has 0 heterocycles. The standard InChI is InChI=1S/C13H13NO3/c1-3-7-12(13(15)16)14-10(2)17-11-8-5-4-6-9-11/h3-9H,1H2,2H3,(H,15,16)/b12-7-,14-10?. The Labute approximate surface area is 99.6 Å². The third kappa shape index (κ3) is 4.34. The van der Waals surface area contributed by atoms with Crippen molar-refractivity contribution >= 4 is 11.9 Å². The van der Waals surface area contributed by atoms with Gasteiger partial charge in [0, 0.05) is 6.92 Å². The number of carbonyl (C=O) groups is 1. The second-order valence-electron chi connectivity index (χ2n) is 3.14. The highest BCUT2D eigenvalue weighted by Gasteiger charge is 2.05. The molecule has 88 valence electrons. The minimum atomic E-state index is -1.12. The molecular weight excluding hydrogens is 218 g/mol. The summed E-state index contributed by atoms with van der Waals surface area (Å²) in [5, 5.41) is 8.84. The highest BCUT2D eigenvalue weighted by Crippen LogP contribution is 2.09. The number of aliphatic carboxylic acids is 1. The van der Waals surface area contributed by atoms with Crippen LogP contribution in [0.15, 0.2) is 59.8 Å². The Morgan fingerprint density at radius 2 is 2.06 bits per heavy atom. The van der Waals surface area contributed by atoms with E-state index in [2.05, 4.69) is 11.6 Å². The maximum absolute atomic E-state index is 10.8. The molecule has 0 aliphatic rings. The van der Waals surface area contributed by atoms with E-state index in [-0.39, 0.29) is 11.6 Å². The fourth-order valence-electron chi connectivity index (χ4n) is 1.12. The van der Waals surface area contributed by atoms with Gasteiger partial charge in [-0.3, -0.25) is 0 Å². The van der Waals surface area contributed by atoms with Crippen molar-refractivity contribution < 1.29 is 14.6 Å². The maximum Gasteiger partial charge on any atom is 0.354 e. The van der Waals surface area contributed by atoms with Crippen LogP contribution >= 0.6 is 0 Å². The summed E-state index contributed by atoms with van der Waals surface area (Å²) in [5.74, 6) is -0.260. The molecule has 1 N–H and O–H groups in total. The molecule has 1 aromatic carbocycles. The van der Waals surface area contributed by atoms with E-state index in [0.717, 1.165) is 0 Å². The summed E-state index contributed by atoms with van der Waals surface area (Å²) in [6, 6.07) is 9.02. The number of rotatable bonds is 4. The molecule has 0 aliphatic carbocycles. The lowest BCUT2D eigenvalue weighted by Crippen LogP contribution is -2.07. The number of hydrogen-bond donors (Lipinski definition) is 1. The first kappa shape index (κ1) is 12.7. The number of carboxylic acid groups (broad SMARTS) is 1. The summed E-state index contributed by atoms with van der Waals surface area (Å²) in [7, 11) is 0. The molecule has 0 saturated heterocycles. The molecule has 0 fully saturated rings. The Hall–Kier alpha value is -2.36. The van der Waals surface area contributed by atoms with Crippen molar-refractivity contribution in [1.29, 1.82) is 0 Å². The highest BCUT2D eigenvalue weighted by atomic mass is 16.5. The fraction of sp³-hybridized carbons (Fsp3) is 0.0769. The van der Waals surface area contributed by atoms with Crippen LogP contribution in [0.1, 0.15) is 6.92 Å². The lowest BCUT2D eigenvalue weighted by Gasteiger charge is -2.04. The van der Waals surface area contributed by atoms with Crippen LogP contribution in [0, 0.1) is 0 Å². The van der Waals surface area contributed by atoms with Crippen molar-refractivity contribution in [2.45, 2.75) is 6.92 Å².